The van der Waals surface area contributed by atoms with Gasteiger partial charge in [0.2, 0.25) is 11.8 Å². The third-order valence-electron chi connectivity index (χ3n) is 4.12. The number of likely N-dealkylation sites (tertiary alicyclic amines) is 1. The third kappa shape index (κ3) is 3.25. The highest BCUT2D eigenvalue weighted by atomic mass is 32.1. The molecule has 3 aromatic rings. The second-order valence-electron chi connectivity index (χ2n) is 5.87. The van der Waals surface area contributed by atoms with E-state index in [4.69, 9.17) is 0 Å². The van der Waals surface area contributed by atoms with Crippen LogP contribution in [0.4, 0.5) is 5.95 Å². The molecular weight excluding hydrogens is 338 g/mol. The van der Waals surface area contributed by atoms with Gasteiger partial charge in [0.1, 0.15) is 0 Å². The lowest BCUT2D eigenvalue weighted by Crippen LogP contribution is -2.28. The van der Waals surface area contributed by atoms with Crippen molar-refractivity contribution in [3.05, 3.63) is 41.0 Å². The number of amides is 1. The summed E-state index contributed by atoms with van der Waals surface area (Å²) in [5.74, 6) is 0.322. The van der Waals surface area contributed by atoms with Crippen LogP contribution in [0.2, 0.25) is 0 Å². The van der Waals surface area contributed by atoms with Gasteiger partial charge >= 0.3 is 0 Å². The van der Waals surface area contributed by atoms with E-state index in [1.165, 1.54) is 17.4 Å². The molecule has 1 fully saturated rings. The number of nitrogens with zero attached hydrogens (tertiary/aromatic N) is 4. The van der Waals surface area contributed by atoms with E-state index in [-0.39, 0.29) is 11.8 Å². The minimum Gasteiger partial charge on any atom is -0.493 e. The first-order chi connectivity index (χ1) is 12.2. The van der Waals surface area contributed by atoms with Crippen molar-refractivity contribution >= 4 is 33.4 Å². The lowest BCUT2D eigenvalue weighted by Gasteiger charge is -2.15. The van der Waals surface area contributed by atoms with Crippen molar-refractivity contribution in [3.63, 3.8) is 0 Å². The summed E-state index contributed by atoms with van der Waals surface area (Å²) in [6, 6.07) is 6.93. The maximum absolute atomic E-state index is 12.8. The predicted molar refractivity (Wildman–Crippen MR) is 95.8 cm³/mol. The SMILES string of the molecule is O=C(c1nc(NCc2cccc(O)n2)nc2ccsc12)N1CCCC1. The number of nitrogens with one attached hydrogen (secondary N) is 1. The highest BCUT2D eigenvalue weighted by Crippen LogP contribution is 2.26. The zero-order chi connectivity index (χ0) is 17.2. The Kier molecular flexibility index (Phi) is 4.19. The number of fused-ring (bicyclic) bond motifs is 1. The summed E-state index contributed by atoms with van der Waals surface area (Å²) in [5.41, 5.74) is 1.88. The van der Waals surface area contributed by atoms with E-state index in [0.717, 1.165) is 36.1 Å². The molecule has 8 heteroatoms. The number of anilines is 1. The summed E-state index contributed by atoms with van der Waals surface area (Å²) >= 11 is 1.48. The zero-order valence-electron chi connectivity index (χ0n) is 13.5. The summed E-state index contributed by atoms with van der Waals surface area (Å²) < 4.78 is 0.818. The summed E-state index contributed by atoms with van der Waals surface area (Å²) in [5, 5.41) is 14.5. The van der Waals surface area contributed by atoms with Crippen molar-refractivity contribution in [1.82, 2.24) is 19.9 Å². The van der Waals surface area contributed by atoms with Crippen molar-refractivity contribution < 1.29 is 9.90 Å². The molecule has 0 aromatic carbocycles. The Hall–Kier alpha value is -2.74. The second-order valence-corrected chi connectivity index (χ2v) is 6.79. The average Bonchev–Trinajstić information content (AvgIpc) is 3.30. The van der Waals surface area contributed by atoms with Crippen LogP contribution in [0, 0.1) is 0 Å². The minimum atomic E-state index is -0.0362. The van der Waals surface area contributed by atoms with E-state index < -0.39 is 0 Å². The number of aromatic nitrogens is 3. The second kappa shape index (κ2) is 6.64. The van der Waals surface area contributed by atoms with E-state index in [9.17, 15) is 9.90 Å². The maximum Gasteiger partial charge on any atom is 0.274 e. The van der Waals surface area contributed by atoms with Crippen LogP contribution in [0.1, 0.15) is 29.0 Å². The molecule has 0 atom stereocenters. The van der Waals surface area contributed by atoms with Gasteiger partial charge in [0, 0.05) is 19.2 Å². The molecule has 1 aliphatic heterocycles. The summed E-state index contributed by atoms with van der Waals surface area (Å²) in [6.07, 6.45) is 2.08. The van der Waals surface area contributed by atoms with Crippen LogP contribution in [-0.4, -0.2) is 44.0 Å². The van der Waals surface area contributed by atoms with Gasteiger partial charge in [-0.2, -0.15) is 0 Å². The number of carbonyl (C=O) groups is 1. The van der Waals surface area contributed by atoms with Gasteiger partial charge in [0.15, 0.2) is 5.69 Å². The molecule has 25 heavy (non-hydrogen) atoms. The van der Waals surface area contributed by atoms with E-state index in [1.54, 1.807) is 12.1 Å². The summed E-state index contributed by atoms with van der Waals surface area (Å²) in [7, 11) is 0. The molecule has 0 saturated carbocycles. The molecule has 1 amide bonds. The fourth-order valence-corrected chi connectivity index (χ4v) is 3.70. The number of hydrogen-bond acceptors (Lipinski definition) is 7. The lowest BCUT2D eigenvalue weighted by molar-refractivity contribution is 0.0789. The van der Waals surface area contributed by atoms with Crippen molar-refractivity contribution in [2.45, 2.75) is 19.4 Å². The van der Waals surface area contributed by atoms with Crippen molar-refractivity contribution in [2.24, 2.45) is 0 Å². The number of pyridine rings is 1. The van der Waals surface area contributed by atoms with Crippen LogP contribution >= 0.6 is 11.3 Å². The molecule has 1 saturated heterocycles. The topological polar surface area (TPSA) is 91.2 Å². The number of aromatic hydroxyl groups is 1. The lowest BCUT2D eigenvalue weighted by atomic mass is 10.3. The normalized spacial score (nSPS) is 14.2. The number of hydrogen-bond donors (Lipinski definition) is 2. The van der Waals surface area contributed by atoms with Crippen molar-refractivity contribution in [2.75, 3.05) is 18.4 Å². The van der Waals surface area contributed by atoms with Crippen molar-refractivity contribution in [1.29, 1.82) is 0 Å². The molecule has 2 N–H and O–H groups in total. The standard InChI is InChI=1S/C17H17N5O2S/c23-13-5-3-4-11(19-13)10-18-17-20-12-6-9-25-15(12)14(21-17)16(24)22-7-1-2-8-22/h3-6,9H,1-2,7-8,10H2,(H,19,23)(H,18,20,21). The molecular formula is C17H17N5O2S. The Bertz CT molecular complexity index is 920. The number of thiophene rings is 1. The first-order valence-corrected chi connectivity index (χ1v) is 9.02. The molecule has 0 bridgehead atoms. The van der Waals surface area contributed by atoms with E-state index in [0.29, 0.717) is 23.9 Å². The third-order valence-corrected chi connectivity index (χ3v) is 5.03. The fourth-order valence-electron chi connectivity index (χ4n) is 2.89. The van der Waals surface area contributed by atoms with Gasteiger partial charge in [0.05, 0.1) is 22.5 Å². The Labute approximate surface area is 148 Å². The molecule has 4 heterocycles. The molecule has 0 unspecified atom stereocenters. The molecule has 128 valence electrons. The van der Waals surface area contributed by atoms with Gasteiger partial charge in [0.25, 0.3) is 5.91 Å². The number of carbonyl (C=O) groups excluding carboxylic acids is 1. The number of rotatable bonds is 4. The molecule has 0 radical (unpaired) electrons. The molecule has 4 rings (SSSR count). The van der Waals surface area contributed by atoms with Gasteiger partial charge in [-0.05, 0) is 30.4 Å². The largest absolute Gasteiger partial charge is 0.493 e. The Morgan fingerprint density at radius 1 is 1.20 bits per heavy atom. The highest BCUT2D eigenvalue weighted by molar-refractivity contribution is 7.17. The molecule has 7 nitrogen and oxygen atoms in total. The summed E-state index contributed by atoms with van der Waals surface area (Å²) in [6.45, 7) is 1.93. The smallest absolute Gasteiger partial charge is 0.274 e. The molecule has 1 aliphatic rings. The first-order valence-electron chi connectivity index (χ1n) is 8.14. The Balaban J connectivity index is 1.62. The zero-order valence-corrected chi connectivity index (χ0v) is 14.3. The highest BCUT2D eigenvalue weighted by Gasteiger charge is 2.24. The van der Waals surface area contributed by atoms with Gasteiger partial charge in [-0.25, -0.2) is 15.0 Å². The monoisotopic (exact) mass is 355 g/mol. The molecule has 3 aromatic heterocycles. The van der Waals surface area contributed by atoms with Gasteiger partial charge in [-0.3, -0.25) is 4.79 Å². The van der Waals surface area contributed by atoms with Gasteiger partial charge in [-0.15, -0.1) is 11.3 Å². The van der Waals surface area contributed by atoms with Crippen LogP contribution in [0.25, 0.3) is 10.2 Å². The van der Waals surface area contributed by atoms with Crippen LogP contribution in [-0.2, 0) is 6.54 Å². The van der Waals surface area contributed by atoms with Crippen LogP contribution in [0.3, 0.4) is 0 Å². The molecule has 0 spiro atoms. The van der Waals surface area contributed by atoms with E-state index >= 15 is 0 Å². The van der Waals surface area contributed by atoms with E-state index in [2.05, 4.69) is 20.3 Å². The average molecular weight is 355 g/mol. The predicted octanol–water partition coefficient (Wildman–Crippen LogP) is 2.64. The van der Waals surface area contributed by atoms with Crippen molar-refractivity contribution in [3.8, 4) is 5.88 Å². The maximum atomic E-state index is 12.8. The Morgan fingerprint density at radius 3 is 2.84 bits per heavy atom. The van der Waals surface area contributed by atoms with Crippen LogP contribution in [0.15, 0.2) is 29.6 Å². The summed E-state index contributed by atoms with van der Waals surface area (Å²) in [4.78, 5) is 27.6. The first kappa shape index (κ1) is 15.8. The van der Waals surface area contributed by atoms with E-state index in [1.807, 2.05) is 16.3 Å². The fraction of sp³-hybridized carbons (Fsp3) is 0.294. The quantitative estimate of drug-likeness (QED) is 0.748. The Morgan fingerprint density at radius 2 is 2.04 bits per heavy atom. The van der Waals surface area contributed by atoms with Crippen LogP contribution in [0.5, 0.6) is 5.88 Å². The van der Waals surface area contributed by atoms with Crippen LogP contribution < -0.4 is 5.32 Å². The molecule has 0 aliphatic carbocycles. The van der Waals surface area contributed by atoms with Gasteiger partial charge in [-0.1, -0.05) is 6.07 Å². The van der Waals surface area contributed by atoms with Gasteiger partial charge < -0.3 is 15.3 Å². The minimum absolute atomic E-state index is 0.0293.